The number of nitrogens with one attached hydrogen (secondary N) is 1. The zero-order valence-corrected chi connectivity index (χ0v) is 19.3. The monoisotopic (exact) mass is 469 g/mol. The smallest absolute Gasteiger partial charge is 0.260 e. The SMILES string of the molecule is Cn1ncc2cc(-n3c(-c4ccc(C#N)c(F)c4)nc(N4CCC5CNCC5C4)cc3=O)ccc21. The first-order valence-electron chi connectivity index (χ1n) is 11.7. The van der Waals surface area contributed by atoms with Crippen molar-refractivity contribution >= 4 is 16.7 Å². The van der Waals surface area contributed by atoms with Crippen LogP contribution >= 0.6 is 0 Å². The first kappa shape index (κ1) is 21.5. The lowest BCUT2D eigenvalue weighted by molar-refractivity contribution is 0.347. The first-order chi connectivity index (χ1) is 17.0. The van der Waals surface area contributed by atoms with E-state index in [1.54, 1.807) is 23.0 Å². The number of nitrogens with zero attached hydrogens (tertiary/aromatic N) is 6. The van der Waals surface area contributed by atoms with E-state index in [1.807, 2.05) is 31.3 Å². The van der Waals surface area contributed by atoms with Gasteiger partial charge in [-0.3, -0.25) is 14.0 Å². The zero-order valence-electron chi connectivity index (χ0n) is 19.3. The summed E-state index contributed by atoms with van der Waals surface area (Å²) in [6, 6.07) is 13.4. The molecule has 0 bridgehead atoms. The number of hydrogen-bond donors (Lipinski definition) is 1. The first-order valence-corrected chi connectivity index (χ1v) is 11.7. The Morgan fingerprint density at radius 2 is 2.00 bits per heavy atom. The number of anilines is 1. The fourth-order valence-corrected chi connectivity index (χ4v) is 5.35. The molecular formula is C26H24FN7O. The molecule has 4 heterocycles. The fraction of sp³-hybridized carbons (Fsp3) is 0.308. The summed E-state index contributed by atoms with van der Waals surface area (Å²) in [6.45, 7) is 3.66. The Bertz CT molecular complexity index is 1550. The summed E-state index contributed by atoms with van der Waals surface area (Å²) in [4.78, 5) is 20.6. The zero-order chi connectivity index (χ0) is 24.1. The molecule has 2 saturated heterocycles. The van der Waals surface area contributed by atoms with Gasteiger partial charge in [-0.2, -0.15) is 10.4 Å². The summed E-state index contributed by atoms with van der Waals surface area (Å²) in [6.07, 6.45) is 2.79. The molecule has 2 atom stereocenters. The number of piperidine rings is 1. The lowest BCUT2D eigenvalue weighted by Gasteiger charge is -2.35. The molecule has 0 spiro atoms. The van der Waals surface area contributed by atoms with Crippen molar-refractivity contribution in [2.24, 2.45) is 18.9 Å². The molecule has 0 amide bonds. The van der Waals surface area contributed by atoms with Crippen molar-refractivity contribution < 1.29 is 4.39 Å². The topological polar surface area (TPSA) is 91.8 Å². The molecule has 8 nitrogen and oxygen atoms in total. The lowest BCUT2D eigenvalue weighted by atomic mass is 9.89. The molecule has 6 rings (SSSR count). The van der Waals surface area contributed by atoms with Crippen LogP contribution in [-0.4, -0.2) is 45.5 Å². The highest BCUT2D eigenvalue weighted by Gasteiger charge is 2.33. The second-order valence-electron chi connectivity index (χ2n) is 9.34. The summed E-state index contributed by atoms with van der Waals surface area (Å²) in [5, 5.41) is 17.8. The van der Waals surface area contributed by atoms with Crippen LogP contribution in [0.4, 0.5) is 10.2 Å². The maximum absolute atomic E-state index is 14.6. The van der Waals surface area contributed by atoms with Gasteiger partial charge in [0.25, 0.3) is 5.56 Å². The van der Waals surface area contributed by atoms with E-state index in [0.717, 1.165) is 43.5 Å². The maximum atomic E-state index is 14.6. The Hall–Kier alpha value is -4.03. The highest BCUT2D eigenvalue weighted by Crippen LogP contribution is 2.31. The molecule has 35 heavy (non-hydrogen) atoms. The van der Waals surface area contributed by atoms with Crippen molar-refractivity contribution in [2.75, 3.05) is 31.1 Å². The third-order valence-electron chi connectivity index (χ3n) is 7.27. The minimum atomic E-state index is -0.642. The highest BCUT2D eigenvalue weighted by atomic mass is 19.1. The van der Waals surface area contributed by atoms with Crippen LogP contribution in [0.15, 0.2) is 53.5 Å². The van der Waals surface area contributed by atoms with Gasteiger partial charge in [0.15, 0.2) is 0 Å². The van der Waals surface area contributed by atoms with E-state index >= 15 is 0 Å². The number of benzene rings is 2. The van der Waals surface area contributed by atoms with Gasteiger partial charge in [0.2, 0.25) is 0 Å². The second-order valence-corrected chi connectivity index (χ2v) is 9.34. The molecule has 0 aliphatic carbocycles. The average Bonchev–Trinajstić information content (AvgIpc) is 3.49. The van der Waals surface area contributed by atoms with Crippen LogP contribution < -0.4 is 15.8 Å². The van der Waals surface area contributed by atoms with Gasteiger partial charge in [0, 0.05) is 37.2 Å². The molecular weight excluding hydrogens is 445 g/mol. The molecule has 2 aromatic heterocycles. The molecule has 2 unspecified atom stereocenters. The van der Waals surface area contributed by atoms with Crippen LogP contribution in [0.5, 0.6) is 0 Å². The molecule has 1 N–H and O–H groups in total. The highest BCUT2D eigenvalue weighted by molar-refractivity contribution is 5.81. The molecule has 176 valence electrons. The fourth-order valence-electron chi connectivity index (χ4n) is 5.35. The quantitative estimate of drug-likeness (QED) is 0.496. The summed E-state index contributed by atoms with van der Waals surface area (Å²) < 4.78 is 17.9. The summed E-state index contributed by atoms with van der Waals surface area (Å²) >= 11 is 0. The largest absolute Gasteiger partial charge is 0.356 e. The van der Waals surface area contributed by atoms with E-state index in [-0.39, 0.29) is 11.1 Å². The minimum Gasteiger partial charge on any atom is -0.356 e. The van der Waals surface area contributed by atoms with Crippen molar-refractivity contribution in [3.8, 4) is 23.1 Å². The van der Waals surface area contributed by atoms with Crippen molar-refractivity contribution in [2.45, 2.75) is 6.42 Å². The predicted molar refractivity (Wildman–Crippen MR) is 131 cm³/mol. The lowest BCUT2D eigenvalue weighted by Crippen LogP contribution is -2.41. The third-order valence-corrected chi connectivity index (χ3v) is 7.27. The molecule has 9 heteroatoms. The second kappa shape index (κ2) is 8.32. The summed E-state index contributed by atoms with van der Waals surface area (Å²) in [7, 11) is 1.86. The number of aromatic nitrogens is 4. The molecule has 2 aliphatic rings. The van der Waals surface area contributed by atoms with Gasteiger partial charge in [-0.1, -0.05) is 0 Å². The Morgan fingerprint density at radius 1 is 1.14 bits per heavy atom. The number of halogens is 1. The number of fused-ring (bicyclic) bond motifs is 2. The molecule has 2 fully saturated rings. The molecule has 4 aromatic rings. The van der Waals surface area contributed by atoms with Gasteiger partial charge < -0.3 is 10.2 Å². The van der Waals surface area contributed by atoms with Gasteiger partial charge >= 0.3 is 0 Å². The van der Waals surface area contributed by atoms with Crippen LogP contribution in [-0.2, 0) is 7.05 Å². The van der Waals surface area contributed by atoms with Crippen LogP contribution in [0.1, 0.15) is 12.0 Å². The summed E-state index contributed by atoms with van der Waals surface area (Å²) in [5.74, 6) is 1.48. The Labute approximate surface area is 201 Å². The Morgan fingerprint density at radius 3 is 2.83 bits per heavy atom. The van der Waals surface area contributed by atoms with Gasteiger partial charge in [0.05, 0.1) is 23.0 Å². The molecule has 0 radical (unpaired) electrons. The van der Waals surface area contributed by atoms with Gasteiger partial charge in [-0.15, -0.1) is 0 Å². The number of aryl methyl sites for hydroxylation is 1. The van der Waals surface area contributed by atoms with E-state index in [9.17, 15) is 9.18 Å². The number of hydrogen-bond acceptors (Lipinski definition) is 6. The van der Waals surface area contributed by atoms with E-state index in [1.165, 1.54) is 16.7 Å². The average molecular weight is 470 g/mol. The van der Waals surface area contributed by atoms with Crippen molar-refractivity contribution in [1.82, 2.24) is 24.6 Å². The van der Waals surface area contributed by atoms with Gasteiger partial charge in [-0.05, 0) is 67.7 Å². The molecule has 0 saturated carbocycles. The van der Waals surface area contributed by atoms with Crippen LogP contribution in [0.3, 0.4) is 0 Å². The van der Waals surface area contributed by atoms with E-state index in [4.69, 9.17) is 10.2 Å². The number of nitriles is 1. The van der Waals surface area contributed by atoms with Crippen LogP contribution in [0.25, 0.3) is 28.0 Å². The third kappa shape index (κ3) is 3.67. The Kier molecular flexibility index (Phi) is 5.11. The molecule has 2 aliphatic heterocycles. The Balaban J connectivity index is 1.51. The maximum Gasteiger partial charge on any atom is 0.260 e. The van der Waals surface area contributed by atoms with Crippen molar-refractivity contribution in [3.05, 3.63) is 70.4 Å². The molecule has 2 aromatic carbocycles. The van der Waals surface area contributed by atoms with E-state index in [2.05, 4.69) is 15.3 Å². The van der Waals surface area contributed by atoms with Crippen LogP contribution in [0.2, 0.25) is 0 Å². The predicted octanol–water partition coefficient (Wildman–Crippen LogP) is 2.84. The normalized spacial score (nSPS) is 19.6. The van der Waals surface area contributed by atoms with E-state index in [0.29, 0.717) is 34.7 Å². The van der Waals surface area contributed by atoms with Gasteiger partial charge in [-0.25, -0.2) is 9.37 Å². The van der Waals surface area contributed by atoms with Crippen molar-refractivity contribution in [3.63, 3.8) is 0 Å². The minimum absolute atomic E-state index is 0.0496. The standard InChI is InChI=1S/C26H24FN7O/c1-32-23-5-4-21(8-19(23)14-30-32)34-25(35)10-24(33-7-6-18-12-29-13-20(18)15-33)31-26(34)16-2-3-17(11-28)22(27)9-16/h2-5,8-10,14,18,20,29H,6-7,12-13,15H2,1H3. The van der Waals surface area contributed by atoms with Gasteiger partial charge in [0.1, 0.15) is 23.5 Å². The summed E-state index contributed by atoms with van der Waals surface area (Å²) in [5.41, 5.74) is 1.69. The number of rotatable bonds is 3. The van der Waals surface area contributed by atoms with Crippen molar-refractivity contribution in [1.29, 1.82) is 5.26 Å². The van der Waals surface area contributed by atoms with Crippen LogP contribution in [0, 0.1) is 29.0 Å². The van der Waals surface area contributed by atoms with E-state index < -0.39 is 5.82 Å².